The summed E-state index contributed by atoms with van der Waals surface area (Å²) in [5.41, 5.74) is 7.38. The van der Waals surface area contributed by atoms with Gasteiger partial charge in [0.15, 0.2) is 0 Å². The number of hydrogen-bond acceptors (Lipinski definition) is 3. The Kier molecular flexibility index (Phi) is 3.79. The summed E-state index contributed by atoms with van der Waals surface area (Å²) in [5.74, 6) is -0.253. The standard InChI is InChI=1S/C13H12ClN3O/c14-10-3-1-9(2-4-10)8-17-13(18)12-7-11(15)5-6-16-12/h1-7H,8H2,(H2,15,16)(H,17,18). The number of nitrogens with one attached hydrogen (secondary N) is 1. The largest absolute Gasteiger partial charge is 0.399 e. The van der Waals surface area contributed by atoms with Crippen molar-refractivity contribution in [3.8, 4) is 0 Å². The van der Waals surface area contributed by atoms with Crippen LogP contribution in [0.2, 0.25) is 5.02 Å². The number of benzene rings is 1. The molecule has 0 radical (unpaired) electrons. The van der Waals surface area contributed by atoms with Crippen molar-refractivity contribution < 1.29 is 4.79 Å². The molecular formula is C13H12ClN3O. The highest BCUT2D eigenvalue weighted by atomic mass is 35.5. The number of carbonyl (C=O) groups is 1. The summed E-state index contributed by atoms with van der Waals surface area (Å²) in [5, 5.41) is 3.43. The predicted molar refractivity (Wildman–Crippen MR) is 71.3 cm³/mol. The molecule has 2 rings (SSSR count). The molecule has 18 heavy (non-hydrogen) atoms. The summed E-state index contributed by atoms with van der Waals surface area (Å²) < 4.78 is 0. The van der Waals surface area contributed by atoms with Crippen LogP contribution in [0.15, 0.2) is 42.6 Å². The quantitative estimate of drug-likeness (QED) is 0.890. The molecule has 1 heterocycles. The monoisotopic (exact) mass is 261 g/mol. The van der Waals surface area contributed by atoms with E-state index in [-0.39, 0.29) is 5.91 Å². The van der Waals surface area contributed by atoms with Crippen LogP contribution in [0.1, 0.15) is 16.1 Å². The van der Waals surface area contributed by atoms with Crippen molar-refractivity contribution in [2.75, 3.05) is 5.73 Å². The lowest BCUT2D eigenvalue weighted by molar-refractivity contribution is 0.0946. The lowest BCUT2D eigenvalue weighted by Crippen LogP contribution is -2.23. The minimum Gasteiger partial charge on any atom is -0.399 e. The van der Waals surface area contributed by atoms with Gasteiger partial charge in [-0.3, -0.25) is 9.78 Å². The minimum absolute atomic E-state index is 0.253. The fourth-order valence-electron chi connectivity index (χ4n) is 1.45. The molecule has 92 valence electrons. The van der Waals surface area contributed by atoms with E-state index in [0.717, 1.165) is 5.56 Å². The lowest BCUT2D eigenvalue weighted by Gasteiger charge is -2.05. The maximum Gasteiger partial charge on any atom is 0.270 e. The maximum atomic E-state index is 11.8. The normalized spacial score (nSPS) is 10.1. The van der Waals surface area contributed by atoms with Crippen LogP contribution >= 0.6 is 11.6 Å². The van der Waals surface area contributed by atoms with Crippen LogP contribution in [0.25, 0.3) is 0 Å². The molecule has 0 fully saturated rings. The molecule has 0 aliphatic heterocycles. The number of halogens is 1. The number of rotatable bonds is 3. The average molecular weight is 262 g/mol. The summed E-state index contributed by atoms with van der Waals surface area (Å²) >= 11 is 5.78. The van der Waals surface area contributed by atoms with Crippen molar-refractivity contribution in [3.63, 3.8) is 0 Å². The smallest absolute Gasteiger partial charge is 0.270 e. The first-order chi connectivity index (χ1) is 8.65. The van der Waals surface area contributed by atoms with E-state index in [4.69, 9.17) is 17.3 Å². The van der Waals surface area contributed by atoms with E-state index >= 15 is 0 Å². The molecule has 3 N–H and O–H groups in total. The van der Waals surface area contributed by atoms with Gasteiger partial charge >= 0.3 is 0 Å². The molecule has 1 amide bonds. The Balaban J connectivity index is 1.98. The van der Waals surface area contributed by atoms with Gasteiger partial charge < -0.3 is 11.1 Å². The third-order valence-corrected chi connectivity index (χ3v) is 2.63. The molecule has 0 spiro atoms. The number of carbonyl (C=O) groups excluding carboxylic acids is 1. The van der Waals surface area contributed by atoms with Gasteiger partial charge in [0.05, 0.1) is 0 Å². The van der Waals surface area contributed by atoms with Crippen LogP contribution in [0.4, 0.5) is 5.69 Å². The zero-order chi connectivity index (χ0) is 13.0. The van der Waals surface area contributed by atoms with Gasteiger partial charge in [-0.2, -0.15) is 0 Å². The Bertz CT molecular complexity index is 554. The van der Waals surface area contributed by atoms with E-state index in [0.29, 0.717) is 22.9 Å². The van der Waals surface area contributed by atoms with E-state index in [1.807, 2.05) is 12.1 Å². The summed E-state index contributed by atoms with van der Waals surface area (Å²) in [6, 6.07) is 10.4. The van der Waals surface area contributed by atoms with Gasteiger partial charge in [-0.15, -0.1) is 0 Å². The highest BCUT2D eigenvalue weighted by molar-refractivity contribution is 6.30. The minimum atomic E-state index is -0.253. The number of hydrogen-bond donors (Lipinski definition) is 2. The van der Waals surface area contributed by atoms with Crippen LogP contribution in [-0.4, -0.2) is 10.9 Å². The maximum absolute atomic E-state index is 11.8. The van der Waals surface area contributed by atoms with E-state index in [1.54, 1.807) is 18.2 Å². The second-order valence-electron chi connectivity index (χ2n) is 3.78. The molecule has 0 bridgehead atoms. The molecule has 4 nitrogen and oxygen atoms in total. The lowest BCUT2D eigenvalue weighted by atomic mass is 10.2. The summed E-state index contributed by atoms with van der Waals surface area (Å²) in [7, 11) is 0. The average Bonchev–Trinajstić information content (AvgIpc) is 2.38. The van der Waals surface area contributed by atoms with Gasteiger partial charge in [0, 0.05) is 23.5 Å². The second kappa shape index (κ2) is 5.51. The Morgan fingerprint density at radius 2 is 2.00 bits per heavy atom. The highest BCUT2D eigenvalue weighted by Gasteiger charge is 2.06. The highest BCUT2D eigenvalue weighted by Crippen LogP contribution is 2.09. The topological polar surface area (TPSA) is 68.0 Å². The van der Waals surface area contributed by atoms with Gasteiger partial charge in [0.1, 0.15) is 5.69 Å². The summed E-state index contributed by atoms with van der Waals surface area (Å²) in [6.45, 7) is 0.423. The molecule has 1 aromatic heterocycles. The van der Waals surface area contributed by atoms with Gasteiger partial charge in [0.25, 0.3) is 5.91 Å². The van der Waals surface area contributed by atoms with Crippen LogP contribution in [0.5, 0.6) is 0 Å². The molecule has 0 unspecified atom stereocenters. The zero-order valence-corrected chi connectivity index (χ0v) is 10.3. The second-order valence-corrected chi connectivity index (χ2v) is 4.22. The number of nitrogen functional groups attached to an aromatic ring is 1. The summed E-state index contributed by atoms with van der Waals surface area (Å²) in [6.07, 6.45) is 1.51. The fourth-order valence-corrected chi connectivity index (χ4v) is 1.57. The van der Waals surface area contributed by atoms with E-state index in [2.05, 4.69) is 10.3 Å². The van der Waals surface area contributed by atoms with Crippen LogP contribution in [0, 0.1) is 0 Å². The first-order valence-corrected chi connectivity index (χ1v) is 5.77. The van der Waals surface area contributed by atoms with Gasteiger partial charge in [-0.1, -0.05) is 23.7 Å². The van der Waals surface area contributed by atoms with Crippen LogP contribution in [-0.2, 0) is 6.54 Å². The van der Waals surface area contributed by atoms with E-state index < -0.39 is 0 Å². The predicted octanol–water partition coefficient (Wildman–Crippen LogP) is 2.25. The Morgan fingerprint density at radius 1 is 1.28 bits per heavy atom. The van der Waals surface area contributed by atoms with E-state index in [9.17, 15) is 4.79 Å². The molecule has 0 aliphatic rings. The number of nitrogens with two attached hydrogens (primary N) is 1. The van der Waals surface area contributed by atoms with Crippen molar-refractivity contribution in [2.24, 2.45) is 0 Å². The number of nitrogens with zero attached hydrogens (tertiary/aromatic N) is 1. The molecule has 5 heteroatoms. The Labute approximate surface area is 110 Å². The van der Waals surface area contributed by atoms with Crippen LogP contribution < -0.4 is 11.1 Å². The number of anilines is 1. The van der Waals surface area contributed by atoms with Crippen LogP contribution in [0.3, 0.4) is 0 Å². The third-order valence-electron chi connectivity index (χ3n) is 2.38. The van der Waals surface area contributed by atoms with E-state index in [1.165, 1.54) is 12.3 Å². The molecule has 0 aliphatic carbocycles. The molecule has 0 atom stereocenters. The fraction of sp³-hybridized carbons (Fsp3) is 0.0769. The number of amides is 1. The van der Waals surface area contributed by atoms with Gasteiger partial charge in [-0.05, 0) is 29.8 Å². The summed E-state index contributed by atoms with van der Waals surface area (Å²) in [4.78, 5) is 15.7. The Hall–Kier alpha value is -2.07. The van der Waals surface area contributed by atoms with Crippen molar-refractivity contribution >= 4 is 23.2 Å². The number of aromatic nitrogens is 1. The van der Waals surface area contributed by atoms with Crippen molar-refractivity contribution in [1.82, 2.24) is 10.3 Å². The Morgan fingerprint density at radius 3 is 2.67 bits per heavy atom. The first-order valence-electron chi connectivity index (χ1n) is 5.39. The van der Waals surface area contributed by atoms with Crippen molar-refractivity contribution in [2.45, 2.75) is 6.54 Å². The first kappa shape index (κ1) is 12.4. The SMILES string of the molecule is Nc1ccnc(C(=O)NCc2ccc(Cl)cc2)c1. The van der Waals surface area contributed by atoms with Crippen molar-refractivity contribution in [3.05, 3.63) is 58.9 Å². The van der Waals surface area contributed by atoms with Gasteiger partial charge in [-0.25, -0.2) is 0 Å². The third kappa shape index (κ3) is 3.21. The zero-order valence-electron chi connectivity index (χ0n) is 9.56. The molecular weight excluding hydrogens is 250 g/mol. The molecule has 2 aromatic rings. The molecule has 0 saturated heterocycles. The molecule has 1 aromatic carbocycles. The number of pyridine rings is 1. The molecule has 0 saturated carbocycles. The van der Waals surface area contributed by atoms with Gasteiger partial charge in [0.2, 0.25) is 0 Å². The van der Waals surface area contributed by atoms with Crippen molar-refractivity contribution in [1.29, 1.82) is 0 Å².